The molecule has 0 radical (unpaired) electrons. The van der Waals surface area contributed by atoms with Gasteiger partial charge in [0.25, 0.3) is 0 Å². The van der Waals surface area contributed by atoms with Crippen molar-refractivity contribution in [2.24, 2.45) is 0 Å². The van der Waals surface area contributed by atoms with Gasteiger partial charge >= 0.3 is 0 Å². The van der Waals surface area contributed by atoms with Gasteiger partial charge in [0.2, 0.25) is 10.0 Å². The number of rotatable bonds is 8. The van der Waals surface area contributed by atoms with Crippen LogP contribution in [-0.2, 0) is 19.9 Å². The lowest BCUT2D eigenvalue weighted by Crippen LogP contribution is -2.36. The van der Waals surface area contributed by atoms with Crippen molar-refractivity contribution in [2.45, 2.75) is 28.7 Å². The highest BCUT2D eigenvalue weighted by atomic mass is 32.2. The second-order valence-electron chi connectivity index (χ2n) is 7.13. The summed E-state index contributed by atoms with van der Waals surface area (Å²) in [6.45, 7) is 2.03. The first-order valence-corrected chi connectivity index (χ1v) is 12.8. The van der Waals surface area contributed by atoms with E-state index in [1.165, 1.54) is 24.3 Å². The number of benzene rings is 2. The Morgan fingerprint density at radius 3 is 2.21 bits per heavy atom. The Bertz CT molecular complexity index is 1040. The van der Waals surface area contributed by atoms with E-state index in [2.05, 4.69) is 9.62 Å². The number of sulfone groups is 1. The monoisotopic (exact) mass is 438 g/mol. The molecule has 3 rings (SSSR count). The van der Waals surface area contributed by atoms with Crippen LogP contribution in [0.2, 0.25) is 0 Å². The van der Waals surface area contributed by atoms with Crippen molar-refractivity contribution in [3.05, 3.63) is 54.1 Å². The molecule has 1 aliphatic rings. The molecule has 0 saturated carbocycles. The van der Waals surface area contributed by atoms with Crippen LogP contribution in [0.1, 0.15) is 24.4 Å². The van der Waals surface area contributed by atoms with Crippen molar-refractivity contribution < 1.29 is 21.6 Å². The Balaban J connectivity index is 1.80. The van der Waals surface area contributed by atoms with Crippen LogP contribution in [0.4, 0.5) is 0 Å². The topological polar surface area (TPSA) is 92.8 Å². The molecule has 0 aliphatic carbocycles. The molecule has 1 aliphatic heterocycles. The van der Waals surface area contributed by atoms with E-state index in [0.717, 1.165) is 43.5 Å². The van der Waals surface area contributed by atoms with Crippen molar-refractivity contribution in [3.8, 4) is 5.75 Å². The predicted molar refractivity (Wildman–Crippen MR) is 111 cm³/mol. The minimum Gasteiger partial charge on any atom is -0.497 e. The zero-order valence-electron chi connectivity index (χ0n) is 16.5. The third-order valence-corrected chi connectivity index (χ3v) is 7.66. The third-order valence-electron chi connectivity index (χ3n) is 5.09. The summed E-state index contributed by atoms with van der Waals surface area (Å²) in [7, 11) is -5.55. The molecule has 1 fully saturated rings. The molecule has 1 atom stereocenters. The van der Waals surface area contributed by atoms with Crippen LogP contribution in [0.25, 0.3) is 0 Å². The van der Waals surface area contributed by atoms with Gasteiger partial charge in [-0.1, -0.05) is 12.1 Å². The number of ether oxygens (including phenoxy) is 1. The number of hydrogen-bond acceptors (Lipinski definition) is 6. The van der Waals surface area contributed by atoms with Crippen LogP contribution in [-0.4, -0.2) is 54.7 Å². The third kappa shape index (κ3) is 5.36. The maximum atomic E-state index is 12.8. The maximum Gasteiger partial charge on any atom is 0.240 e. The van der Waals surface area contributed by atoms with E-state index in [1.54, 1.807) is 7.11 Å². The van der Waals surface area contributed by atoms with E-state index in [4.69, 9.17) is 4.74 Å². The minimum absolute atomic E-state index is 0.0377. The number of hydrogen-bond donors (Lipinski definition) is 1. The van der Waals surface area contributed by atoms with E-state index >= 15 is 0 Å². The summed E-state index contributed by atoms with van der Waals surface area (Å²) in [5.74, 6) is 0.728. The first kappa shape index (κ1) is 21.8. The largest absolute Gasteiger partial charge is 0.497 e. The van der Waals surface area contributed by atoms with Crippen LogP contribution < -0.4 is 9.46 Å². The quantitative estimate of drug-likeness (QED) is 0.679. The van der Waals surface area contributed by atoms with Crippen LogP contribution in [0, 0.1) is 0 Å². The number of likely N-dealkylation sites (tertiary alicyclic amines) is 1. The molecule has 1 heterocycles. The Morgan fingerprint density at radius 2 is 1.62 bits per heavy atom. The average Bonchev–Trinajstić information content (AvgIpc) is 3.22. The zero-order chi connectivity index (χ0) is 21.1. The highest BCUT2D eigenvalue weighted by Gasteiger charge is 2.26. The molecular weight excluding hydrogens is 412 g/mol. The average molecular weight is 439 g/mol. The van der Waals surface area contributed by atoms with Gasteiger partial charge in [-0.25, -0.2) is 21.6 Å². The fraction of sp³-hybridized carbons (Fsp3) is 0.400. The Morgan fingerprint density at radius 1 is 1.00 bits per heavy atom. The van der Waals surface area contributed by atoms with Crippen LogP contribution >= 0.6 is 0 Å². The molecule has 1 saturated heterocycles. The molecule has 2 aromatic rings. The van der Waals surface area contributed by atoms with Crippen molar-refractivity contribution in [3.63, 3.8) is 0 Å². The zero-order valence-corrected chi connectivity index (χ0v) is 18.2. The van der Waals surface area contributed by atoms with E-state index in [-0.39, 0.29) is 22.4 Å². The second kappa shape index (κ2) is 8.83. The van der Waals surface area contributed by atoms with Crippen molar-refractivity contribution in [1.29, 1.82) is 0 Å². The number of nitrogens with zero attached hydrogens (tertiary/aromatic N) is 1. The SMILES string of the molecule is COc1cccc(C(CNS(=O)(=O)c2ccc(S(C)(=O)=O)cc2)N2CCCC2)c1. The number of sulfonamides is 1. The second-order valence-corrected chi connectivity index (χ2v) is 10.9. The maximum absolute atomic E-state index is 12.8. The summed E-state index contributed by atoms with van der Waals surface area (Å²) in [5.41, 5.74) is 0.987. The summed E-state index contributed by atoms with van der Waals surface area (Å²) in [6, 6.07) is 12.8. The molecule has 158 valence electrons. The van der Waals surface area contributed by atoms with Gasteiger partial charge in [0.1, 0.15) is 5.75 Å². The molecule has 2 aromatic carbocycles. The minimum atomic E-state index is -3.77. The van der Waals surface area contributed by atoms with Crippen LogP contribution in [0.3, 0.4) is 0 Å². The van der Waals surface area contributed by atoms with Crippen LogP contribution in [0.5, 0.6) is 5.75 Å². The van der Waals surface area contributed by atoms with E-state index in [9.17, 15) is 16.8 Å². The van der Waals surface area contributed by atoms with Crippen molar-refractivity contribution in [1.82, 2.24) is 9.62 Å². The van der Waals surface area contributed by atoms with Gasteiger partial charge < -0.3 is 4.74 Å². The molecule has 1 N–H and O–H groups in total. The lowest BCUT2D eigenvalue weighted by atomic mass is 10.1. The first-order chi connectivity index (χ1) is 13.7. The summed E-state index contributed by atoms with van der Waals surface area (Å²) < 4.78 is 56.7. The van der Waals surface area contributed by atoms with Crippen molar-refractivity contribution >= 4 is 19.9 Å². The predicted octanol–water partition coefficient (Wildman–Crippen LogP) is 2.21. The van der Waals surface area contributed by atoms with E-state index < -0.39 is 19.9 Å². The van der Waals surface area contributed by atoms with Gasteiger partial charge in [-0.05, 0) is 67.9 Å². The van der Waals surface area contributed by atoms with E-state index in [1.807, 2.05) is 24.3 Å². The van der Waals surface area contributed by atoms with Gasteiger partial charge in [0, 0.05) is 18.8 Å². The summed E-state index contributed by atoms with van der Waals surface area (Å²) in [6.07, 6.45) is 3.25. The molecule has 0 spiro atoms. The van der Waals surface area contributed by atoms with Gasteiger partial charge in [-0.2, -0.15) is 0 Å². The smallest absolute Gasteiger partial charge is 0.240 e. The summed E-state index contributed by atoms with van der Waals surface area (Å²) in [4.78, 5) is 2.39. The van der Waals surface area contributed by atoms with Crippen LogP contribution in [0.15, 0.2) is 58.3 Å². The lowest BCUT2D eigenvalue weighted by Gasteiger charge is -2.28. The van der Waals surface area contributed by atoms with E-state index in [0.29, 0.717) is 0 Å². The standard InChI is InChI=1S/C20H26N2O5S2/c1-27-17-7-5-6-16(14-17)20(22-12-3-4-13-22)15-21-29(25,26)19-10-8-18(9-11-19)28(2,23)24/h5-11,14,20-21H,3-4,12-13,15H2,1-2H3. The highest BCUT2D eigenvalue weighted by molar-refractivity contribution is 7.90. The Hall–Kier alpha value is -1.94. The molecule has 9 heteroatoms. The highest BCUT2D eigenvalue weighted by Crippen LogP contribution is 2.27. The fourth-order valence-corrected chi connectivity index (χ4v) is 5.17. The normalized spacial score (nSPS) is 16.6. The Labute approximate surface area is 172 Å². The number of nitrogens with one attached hydrogen (secondary N) is 1. The van der Waals surface area contributed by atoms with Crippen molar-refractivity contribution in [2.75, 3.05) is 33.0 Å². The first-order valence-electron chi connectivity index (χ1n) is 9.38. The number of methoxy groups -OCH3 is 1. The van der Waals surface area contributed by atoms with Gasteiger partial charge in [-0.3, -0.25) is 4.90 Å². The van der Waals surface area contributed by atoms with Gasteiger partial charge in [0.15, 0.2) is 9.84 Å². The molecule has 7 nitrogen and oxygen atoms in total. The summed E-state index contributed by atoms with van der Waals surface area (Å²) >= 11 is 0. The molecular formula is C20H26N2O5S2. The van der Waals surface area contributed by atoms with Gasteiger partial charge in [0.05, 0.1) is 16.9 Å². The fourth-order valence-electron chi connectivity index (χ4n) is 3.50. The van der Waals surface area contributed by atoms with Gasteiger partial charge in [-0.15, -0.1) is 0 Å². The molecule has 0 amide bonds. The molecule has 29 heavy (non-hydrogen) atoms. The Kier molecular flexibility index (Phi) is 6.62. The molecule has 0 bridgehead atoms. The summed E-state index contributed by atoms with van der Waals surface area (Å²) in [5, 5.41) is 0. The lowest BCUT2D eigenvalue weighted by molar-refractivity contribution is 0.246. The molecule has 0 aromatic heterocycles. The molecule has 1 unspecified atom stereocenters.